The number of ether oxygens (including phenoxy) is 2. The van der Waals surface area contributed by atoms with Crippen LogP contribution < -0.4 is 17.0 Å². The molecule has 0 spiro atoms. The van der Waals surface area contributed by atoms with Gasteiger partial charge in [0, 0.05) is 12.6 Å². The van der Waals surface area contributed by atoms with Crippen LogP contribution in [0.2, 0.25) is 0 Å². The van der Waals surface area contributed by atoms with Crippen LogP contribution >= 0.6 is 13.4 Å². The number of alkyl halides is 1. The summed E-state index contributed by atoms with van der Waals surface area (Å²) in [5.74, 6) is -0.158. The lowest BCUT2D eigenvalue weighted by atomic mass is 10.1. The Morgan fingerprint density at radius 3 is 2.45 bits per heavy atom. The third-order valence-corrected chi connectivity index (χ3v) is 10.4. The smallest absolute Gasteiger partial charge is 0.325 e. The van der Waals surface area contributed by atoms with E-state index in [9.17, 15) is 14.6 Å². The van der Waals surface area contributed by atoms with Gasteiger partial charge in [-0.3, -0.25) is 23.4 Å². The molecule has 236 valence electrons. The van der Waals surface area contributed by atoms with Crippen molar-refractivity contribution in [3.63, 3.8) is 0 Å². The van der Waals surface area contributed by atoms with Crippen LogP contribution in [0.1, 0.15) is 18.9 Å². The molecule has 7 rings (SSSR count). The zero-order chi connectivity index (χ0) is 31.0. The van der Waals surface area contributed by atoms with Gasteiger partial charge < -0.3 is 44.3 Å². The highest BCUT2D eigenvalue weighted by Crippen LogP contribution is 2.54. The predicted octanol–water partition coefficient (Wildman–Crippen LogP) is 0.503. The molecule has 44 heavy (non-hydrogen) atoms. The molecule has 18 nitrogen and oxygen atoms in total. The zero-order valence-electron chi connectivity index (χ0n) is 22.2. The van der Waals surface area contributed by atoms with Crippen LogP contribution in [0.3, 0.4) is 0 Å². The Hall–Kier alpha value is -2.52. The number of H-pyrrole nitrogens is 1. The molecule has 7 N–H and O–H groups in total. The molecule has 2 bridgehead atoms. The lowest BCUT2D eigenvalue weighted by molar-refractivity contribution is -0.0597. The summed E-state index contributed by atoms with van der Waals surface area (Å²) in [7, 11) is 0. The average molecular weight is 692 g/mol. The van der Waals surface area contributed by atoms with Gasteiger partial charge in [0.1, 0.15) is 23.8 Å². The number of aromatic nitrogens is 7. The first kappa shape index (κ1) is 30.2. The molecule has 0 radical (unpaired) electrons. The summed E-state index contributed by atoms with van der Waals surface area (Å²) in [6, 6.07) is 1.55. The summed E-state index contributed by atoms with van der Waals surface area (Å²) in [6.45, 7) is -9.00. The Morgan fingerprint density at radius 2 is 1.66 bits per heavy atom. The maximum Gasteiger partial charge on any atom is 0.325 e. The van der Waals surface area contributed by atoms with Crippen molar-refractivity contribution in [2.45, 2.75) is 49.5 Å². The van der Waals surface area contributed by atoms with E-state index in [4.69, 9.17) is 62.6 Å². The summed E-state index contributed by atoms with van der Waals surface area (Å²) in [5.41, 5.74) is 12.1. The van der Waals surface area contributed by atoms with Crippen LogP contribution in [0.15, 0.2) is 29.7 Å². The summed E-state index contributed by atoms with van der Waals surface area (Å²) in [4.78, 5) is 53.3. The Kier molecular flexibility index (Phi) is 7.59. The van der Waals surface area contributed by atoms with Gasteiger partial charge in [-0.15, -0.1) is 0 Å². The molecular formula is C21H24FN9O9P2S2. The van der Waals surface area contributed by atoms with E-state index in [-0.39, 0.29) is 35.8 Å². The van der Waals surface area contributed by atoms with Crippen LogP contribution in [0.4, 0.5) is 16.0 Å². The lowest BCUT2D eigenvalue weighted by Gasteiger charge is -2.27. The number of halogens is 1. The second-order valence-corrected chi connectivity index (χ2v) is 15.7. The quantitative estimate of drug-likeness (QED) is 0.180. The van der Waals surface area contributed by atoms with Crippen molar-refractivity contribution in [2.24, 2.45) is 0 Å². The number of nitrogens with two attached hydrogens (primary N) is 2. The first-order valence-electron chi connectivity index (χ1n) is 12.9. The van der Waals surface area contributed by atoms with Crippen LogP contribution in [-0.4, -0.2) is 87.6 Å². The van der Waals surface area contributed by atoms with E-state index in [2.05, 4.69) is 24.9 Å². The van der Waals surface area contributed by atoms with Crippen molar-refractivity contribution in [1.82, 2.24) is 34.1 Å². The summed E-state index contributed by atoms with van der Waals surface area (Å²) >= 11 is 10.5. The Balaban J connectivity index is 1.19. The summed E-state index contributed by atoms with van der Waals surface area (Å²) in [5, 5.41) is 0. The number of anilines is 2. The Morgan fingerprint density at radius 1 is 0.955 bits per heavy atom. The van der Waals surface area contributed by atoms with Gasteiger partial charge in [-0.05, 0) is 29.7 Å². The topological polar surface area (TPSA) is 242 Å². The van der Waals surface area contributed by atoms with Crippen LogP contribution in [0, 0.1) is 0 Å². The minimum atomic E-state index is -4.11. The number of imidazole rings is 2. The summed E-state index contributed by atoms with van der Waals surface area (Å²) in [6.07, 6.45) is -4.75. The molecule has 3 aliphatic heterocycles. The fourth-order valence-corrected chi connectivity index (χ4v) is 8.24. The van der Waals surface area contributed by atoms with Crippen molar-refractivity contribution in [3.8, 4) is 0 Å². The molecular weight excluding hydrogens is 667 g/mol. The lowest BCUT2D eigenvalue weighted by Crippen LogP contribution is -2.34. The van der Waals surface area contributed by atoms with Crippen molar-refractivity contribution in [3.05, 3.63) is 35.3 Å². The highest BCUT2D eigenvalue weighted by molar-refractivity contribution is 8.07. The molecule has 0 amide bonds. The van der Waals surface area contributed by atoms with E-state index in [1.54, 1.807) is 6.07 Å². The number of aromatic amines is 1. The van der Waals surface area contributed by atoms with Gasteiger partial charge in [0.15, 0.2) is 35.4 Å². The number of nitrogens with zero attached hydrogens (tertiary/aromatic N) is 6. The van der Waals surface area contributed by atoms with Gasteiger partial charge in [0.05, 0.1) is 37.7 Å². The third-order valence-electron chi connectivity index (χ3n) is 7.25. The van der Waals surface area contributed by atoms with Crippen molar-refractivity contribution < 1.29 is 41.7 Å². The normalized spacial score (nSPS) is 36.6. The first-order valence-corrected chi connectivity index (χ1v) is 18.1. The second kappa shape index (κ2) is 11.1. The fraction of sp³-hybridized carbons (Fsp3) is 0.476. The van der Waals surface area contributed by atoms with Crippen molar-refractivity contribution in [2.75, 3.05) is 24.7 Å². The molecule has 4 aromatic heterocycles. The molecule has 3 unspecified atom stereocenters. The van der Waals surface area contributed by atoms with Gasteiger partial charge in [0.25, 0.3) is 5.56 Å². The number of hydrogen-bond donors (Lipinski definition) is 5. The van der Waals surface area contributed by atoms with E-state index in [0.717, 1.165) is 0 Å². The van der Waals surface area contributed by atoms with Gasteiger partial charge >= 0.3 is 13.4 Å². The van der Waals surface area contributed by atoms with E-state index in [0.29, 0.717) is 11.2 Å². The number of pyridine rings is 1. The first-order chi connectivity index (χ1) is 20.9. The maximum absolute atomic E-state index is 16.0. The van der Waals surface area contributed by atoms with Crippen LogP contribution in [-0.2, 0) is 51.2 Å². The number of fused-ring (bicyclic) bond motifs is 5. The zero-order valence-corrected chi connectivity index (χ0v) is 25.6. The van der Waals surface area contributed by atoms with E-state index in [1.165, 1.54) is 28.0 Å². The molecule has 0 aromatic carbocycles. The monoisotopic (exact) mass is 691 g/mol. The second-order valence-electron chi connectivity index (χ2n) is 10.1. The molecule has 4 aromatic rings. The highest BCUT2D eigenvalue weighted by atomic mass is 32.5. The standard InChI is InChI=1S/C21H24FN9O9P2S2/c22-12-15-11(38-20(12)30-6-26-13-9(23)1-2-25-16(13)30)5-36-41(33,43)39-10-3-8(4-35-42(34,44)40-15)37-19(10)31-7-27-14-17(31)28-21(24)29-18(14)32/h1-2,6-8,10-12,15,19-20H,3-5H2,(H2,23,25)(H,33,43)(H,34,44)(H3,24,28,29,32)/t8-,10-,11+,12?,15-,19+,20+,41?,42?/m0/s1. The minimum absolute atomic E-state index is 0.0158. The molecule has 7 heterocycles. The molecule has 3 aliphatic rings. The summed E-state index contributed by atoms with van der Waals surface area (Å²) < 4.78 is 53.4. The minimum Gasteiger partial charge on any atom is -0.397 e. The van der Waals surface area contributed by atoms with E-state index < -0.39 is 68.6 Å². The Labute approximate surface area is 255 Å². The van der Waals surface area contributed by atoms with Crippen molar-refractivity contribution >= 4 is 71.0 Å². The fourth-order valence-electron chi connectivity index (χ4n) is 5.34. The van der Waals surface area contributed by atoms with Crippen molar-refractivity contribution in [1.29, 1.82) is 0 Å². The molecule has 3 fully saturated rings. The van der Waals surface area contributed by atoms with Crippen LogP contribution in [0.5, 0.6) is 0 Å². The number of rotatable bonds is 2. The molecule has 23 heteroatoms. The van der Waals surface area contributed by atoms with Crippen LogP contribution in [0.25, 0.3) is 22.3 Å². The average Bonchev–Trinajstić information content (AvgIpc) is 3.72. The molecule has 3 saturated heterocycles. The maximum atomic E-state index is 16.0. The van der Waals surface area contributed by atoms with Gasteiger partial charge in [-0.2, -0.15) is 4.98 Å². The SMILES string of the molecule is Nc1nc2c(ncn2[C@@H]2O[C@@H]3COP(O)(=S)O[C@@H]4C(F)[C@H](n5cnc6c(N)ccnc65)O[C@@H]4COP(O)(=S)O[C@H]2C3)c(=O)[nH]1. The molecule has 9 atom stereocenters. The molecule has 0 saturated carbocycles. The van der Waals surface area contributed by atoms with Gasteiger partial charge in [0.2, 0.25) is 5.95 Å². The molecule has 0 aliphatic carbocycles. The van der Waals surface area contributed by atoms with E-state index in [1.807, 2.05) is 0 Å². The van der Waals surface area contributed by atoms with E-state index >= 15 is 4.39 Å². The van der Waals surface area contributed by atoms with Gasteiger partial charge in [-0.1, -0.05) is 0 Å². The third kappa shape index (κ3) is 5.46. The van der Waals surface area contributed by atoms with Gasteiger partial charge in [-0.25, -0.2) is 19.3 Å². The predicted molar refractivity (Wildman–Crippen MR) is 156 cm³/mol. The highest BCUT2D eigenvalue weighted by Gasteiger charge is 2.51. The number of nitrogens with one attached hydrogen (secondary N) is 1. The largest absolute Gasteiger partial charge is 0.397 e. The number of hydrogen-bond acceptors (Lipinski definition) is 15. The Bertz CT molecular complexity index is 1910. The number of nitrogen functional groups attached to an aromatic ring is 2.